The van der Waals surface area contributed by atoms with E-state index in [0.29, 0.717) is 17.1 Å². The zero-order valence-corrected chi connectivity index (χ0v) is 14.5. The Kier molecular flexibility index (Phi) is 4.05. The molecule has 3 heteroatoms. The molecular weight excluding hydrogens is 324 g/mol. The normalized spacial score (nSPS) is 12.0. The Hall–Kier alpha value is -3.33. The van der Waals surface area contributed by atoms with Crippen molar-refractivity contribution >= 4 is 18.1 Å². The summed E-state index contributed by atoms with van der Waals surface area (Å²) in [5, 5.41) is 1.56. The number of carbonyl (C=O) groups excluding carboxylic acids is 1. The van der Waals surface area contributed by atoms with Crippen molar-refractivity contribution in [2.24, 2.45) is 0 Å². The molecule has 4 rings (SSSR count). The van der Waals surface area contributed by atoms with Crippen molar-refractivity contribution < 1.29 is 14.3 Å². The van der Waals surface area contributed by atoms with Crippen LogP contribution in [0.15, 0.2) is 66.7 Å². The summed E-state index contributed by atoms with van der Waals surface area (Å²) in [5.41, 5.74) is 3.29. The van der Waals surface area contributed by atoms with Gasteiger partial charge in [-0.15, -0.1) is 0 Å². The monoisotopic (exact) mass is 342 g/mol. The van der Waals surface area contributed by atoms with E-state index in [4.69, 9.17) is 9.47 Å². The third-order valence-corrected chi connectivity index (χ3v) is 4.36. The average molecular weight is 342 g/mol. The van der Waals surface area contributed by atoms with E-state index in [2.05, 4.69) is 6.58 Å². The van der Waals surface area contributed by atoms with Crippen LogP contribution >= 0.6 is 0 Å². The van der Waals surface area contributed by atoms with E-state index in [1.807, 2.05) is 73.7 Å². The molecule has 26 heavy (non-hydrogen) atoms. The van der Waals surface area contributed by atoms with Crippen LogP contribution in [0.25, 0.3) is 12.2 Å². The van der Waals surface area contributed by atoms with Crippen molar-refractivity contribution in [3.8, 4) is 11.5 Å². The number of aryl methyl sites for hydroxylation is 1. The van der Waals surface area contributed by atoms with Crippen molar-refractivity contribution in [2.75, 3.05) is 0 Å². The number of hydrogen-bond donors (Lipinski definition) is 0. The van der Waals surface area contributed by atoms with Crippen LogP contribution in [0.2, 0.25) is 0 Å². The van der Waals surface area contributed by atoms with Crippen molar-refractivity contribution in [2.45, 2.75) is 13.5 Å². The molecule has 0 saturated carbocycles. The lowest BCUT2D eigenvalue weighted by Gasteiger charge is -2.20. The highest BCUT2D eigenvalue weighted by Gasteiger charge is 2.25. The van der Waals surface area contributed by atoms with E-state index < -0.39 is 0 Å². The van der Waals surface area contributed by atoms with Gasteiger partial charge in [-0.2, -0.15) is 0 Å². The second kappa shape index (κ2) is 6.52. The van der Waals surface area contributed by atoms with Crippen molar-refractivity contribution in [1.82, 2.24) is 0 Å². The summed E-state index contributed by atoms with van der Waals surface area (Å²) in [6.45, 7) is 6.16. The van der Waals surface area contributed by atoms with Gasteiger partial charge < -0.3 is 9.47 Å². The maximum atomic E-state index is 12.9. The van der Waals surface area contributed by atoms with Crippen LogP contribution in [0.5, 0.6) is 11.5 Å². The lowest BCUT2D eigenvalue weighted by atomic mass is 9.97. The van der Waals surface area contributed by atoms with E-state index in [1.165, 1.54) is 0 Å². The van der Waals surface area contributed by atoms with Crippen LogP contribution < -0.4 is 15.2 Å². The first-order valence-electron chi connectivity index (χ1n) is 8.45. The van der Waals surface area contributed by atoms with E-state index in [1.54, 1.807) is 0 Å². The minimum absolute atomic E-state index is 0.230. The zero-order chi connectivity index (χ0) is 18.1. The first-order valence-corrected chi connectivity index (χ1v) is 8.45. The van der Waals surface area contributed by atoms with Gasteiger partial charge in [0.05, 0.1) is 5.57 Å². The molecule has 1 heterocycles. The molecule has 3 aromatic carbocycles. The van der Waals surface area contributed by atoms with Gasteiger partial charge in [0.1, 0.15) is 18.1 Å². The van der Waals surface area contributed by atoms with Gasteiger partial charge >= 0.3 is 5.97 Å². The van der Waals surface area contributed by atoms with Crippen LogP contribution in [0.4, 0.5) is 0 Å². The number of ether oxygens (including phenoxy) is 2. The summed E-state index contributed by atoms with van der Waals surface area (Å²) in [5.74, 6) is 0.928. The van der Waals surface area contributed by atoms with Crippen LogP contribution in [-0.4, -0.2) is 5.97 Å². The van der Waals surface area contributed by atoms with Crippen LogP contribution in [0, 0.1) is 6.92 Å². The summed E-state index contributed by atoms with van der Waals surface area (Å²) in [6, 6.07) is 21.0. The molecule has 128 valence electrons. The average Bonchev–Trinajstić information content (AvgIpc) is 2.64. The van der Waals surface area contributed by atoms with Gasteiger partial charge in [0.2, 0.25) is 0 Å². The minimum atomic E-state index is -0.361. The van der Waals surface area contributed by atoms with Gasteiger partial charge in [0.25, 0.3) is 0 Å². The summed E-state index contributed by atoms with van der Waals surface area (Å²) < 4.78 is 11.6. The maximum Gasteiger partial charge on any atom is 0.339 e. The predicted octanol–water partition coefficient (Wildman–Crippen LogP) is 3.45. The predicted molar refractivity (Wildman–Crippen MR) is 101 cm³/mol. The van der Waals surface area contributed by atoms with Crippen molar-refractivity contribution in [3.63, 3.8) is 0 Å². The van der Waals surface area contributed by atoms with E-state index >= 15 is 0 Å². The molecule has 3 nitrogen and oxygen atoms in total. The standard InChI is InChI=1S/C23H18O3/c1-15-8-10-18-20(12-15)26-21-13-16(2)9-11-19(21)22(18)23(24)25-14-17-6-4-3-5-7-17/h3-13H,1,14H2,2H3. The van der Waals surface area contributed by atoms with Crippen LogP contribution in [0.1, 0.15) is 16.7 Å². The molecule has 1 aliphatic heterocycles. The summed E-state index contributed by atoms with van der Waals surface area (Å²) in [7, 11) is 0. The molecule has 0 bridgehead atoms. The number of esters is 1. The molecule has 0 amide bonds. The van der Waals surface area contributed by atoms with E-state index in [0.717, 1.165) is 27.1 Å². The fourth-order valence-corrected chi connectivity index (χ4v) is 3.06. The molecular formula is C23H18O3. The van der Waals surface area contributed by atoms with Crippen molar-refractivity contribution in [1.29, 1.82) is 0 Å². The summed E-state index contributed by atoms with van der Waals surface area (Å²) in [4.78, 5) is 12.9. The Morgan fingerprint density at radius 3 is 2.62 bits per heavy atom. The quantitative estimate of drug-likeness (QED) is 0.684. The number of hydrogen-bond acceptors (Lipinski definition) is 3. The molecule has 0 N–H and O–H groups in total. The third kappa shape index (κ3) is 3.00. The molecule has 0 radical (unpaired) electrons. The van der Waals surface area contributed by atoms with E-state index in [-0.39, 0.29) is 12.6 Å². The highest BCUT2D eigenvalue weighted by molar-refractivity contribution is 6.17. The third-order valence-electron chi connectivity index (χ3n) is 4.36. The lowest BCUT2D eigenvalue weighted by molar-refractivity contribution is -0.137. The SMILES string of the molecule is C=c1ccc2c(c1)Oc1cc(C)ccc1C=2C(=O)OCc1ccccc1. The largest absolute Gasteiger partial charge is 0.457 e. The maximum absolute atomic E-state index is 12.9. The highest BCUT2D eigenvalue weighted by Crippen LogP contribution is 2.33. The second-order valence-corrected chi connectivity index (χ2v) is 6.37. The number of fused-ring (bicyclic) bond motifs is 2. The molecule has 0 fully saturated rings. The Morgan fingerprint density at radius 2 is 1.81 bits per heavy atom. The Morgan fingerprint density at radius 1 is 1.00 bits per heavy atom. The number of benzene rings is 3. The van der Waals surface area contributed by atoms with Gasteiger partial charge in [-0.1, -0.05) is 55.1 Å². The lowest BCUT2D eigenvalue weighted by Crippen LogP contribution is -2.24. The summed E-state index contributed by atoms with van der Waals surface area (Å²) in [6.07, 6.45) is 0. The Balaban J connectivity index is 1.79. The molecule has 0 unspecified atom stereocenters. The molecule has 0 saturated heterocycles. The van der Waals surface area contributed by atoms with Gasteiger partial charge in [0.15, 0.2) is 0 Å². The zero-order valence-electron chi connectivity index (χ0n) is 14.5. The van der Waals surface area contributed by atoms with Crippen LogP contribution in [-0.2, 0) is 16.1 Å². The second-order valence-electron chi connectivity index (χ2n) is 6.37. The number of carbonyl (C=O) groups is 1. The Bertz CT molecular complexity index is 1100. The van der Waals surface area contributed by atoms with Gasteiger partial charge in [-0.25, -0.2) is 4.79 Å². The fraction of sp³-hybridized carbons (Fsp3) is 0.0870. The summed E-state index contributed by atoms with van der Waals surface area (Å²) >= 11 is 0. The molecule has 0 aliphatic carbocycles. The molecule has 1 aliphatic rings. The molecule has 0 aromatic heterocycles. The highest BCUT2D eigenvalue weighted by atomic mass is 16.5. The first-order chi connectivity index (χ1) is 12.6. The van der Waals surface area contributed by atoms with Crippen LogP contribution in [0.3, 0.4) is 0 Å². The topological polar surface area (TPSA) is 35.5 Å². The molecule has 0 spiro atoms. The fourth-order valence-electron chi connectivity index (χ4n) is 3.06. The van der Waals surface area contributed by atoms with Crippen molar-refractivity contribution in [3.05, 3.63) is 93.9 Å². The van der Waals surface area contributed by atoms with Gasteiger partial charge in [0, 0.05) is 10.8 Å². The Labute approximate surface area is 151 Å². The van der Waals surface area contributed by atoms with Gasteiger partial charge in [-0.3, -0.25) is 0 Å². The first kappa shape index (κ1) is 16.2. The van der Waals surface area contributed by atoms with Gasteiger partial charge in [-0.05, 0) is 41.5 Å². The number of rotatable bonds is 3. The van der Waals surface area contributed by atoms with E-state index in [9.17, 15) is 4.79 Å². The molecule has 3 aromatic rings. The smallest absolute Gasteiger partial charge is 0.339 e. The molecule has 0 atom stereocenters. The minimum Gasteiger partial charge on any atom is -0.457 e.